The maximum atomic E-state index is 11.2. The normalized spacial score (nSPS) is 24.1. The van der Waals surface area contributed by atoms with Gasteiger partial charge in [0.25, 0.3) is 0 Å². The number of piperidine rings is 1. The van der Waals surface area contributed by atoms with E-state index in [1.165, 1.54) is 24.7 Å². The van der Waals surface area contributed by atoms with Gasteiger partial charge in [-0.05, 0) is 43.3 Å². The van der Waals surface area contributed by atoms with Crippen molar-refractivity contribution in [2.75, 3.05) is 31.6 Å². The minimum Gasteiger partial charge on any atom is -0.303 e. The first kappa shape index (κ1) is 16.5. The third-order valence-corrected chi connectivity index (χ3v) is 5.59. The van der Waals surface area contributed by atoms with Gasteiger partial charge in [-0.1, -0.05) is 43.7 Å². The van der Waals surface area contributed by atoms with E-state index in [1.807, 2.05) is 0 Å². The molecule has 2 atom stereocenters. The molecule has 3 nitrogen and oxygen atoms in total. The molecule has 0 aliphatic carbocycles. The number of nitrogens with zero attached hydrogens (tertiary/aromatic N) is 1. The number of likely N-dealkylation sites (tertiary alicyclic amines) is 1. The minimum absolute atomic E-state index is 0.308. The van der Waals surface area contributed by atoms with Gasteiger partial charge in [0.1, 0.15) is 9.84 Å². The molecule has 21 heavy (non-hydrogen) atoms. The van der Waals surface area contributed by atoms with E-state index < -0.39 is 9.84 Å². The summed E-state index contributed by atoms with van der Waals surface area (Å²) in [5.41, 5.74) is 1.46. The zero-order valence-electron chi connectivity index (χ0n) is 13.2. The zero-order chi connectivity index (χ0) is 15.3. The molecule has 0 N–H and O–H groups in total. The maximum Gasteiger partial charge on any atom is 0.147 e. The monoisotopic (exact) mass is 309 g/mol. The molecule has 1 heterocycles. The molecule has 118 valence electrons. The van der Waals surface area contributed by atoms with E-state index in [2.05, 4.69) is 42.2 Å². The van der Waals surface area contributed by atoms with Gasteiger partial charge in [-0.2, -0.15) is 0 Å². The number of hydrogen-bond acceptors (Lipinski definition) is 3. The summed E-state index contributed by atoms with van der Waals surface area (Å²) in [6.07, 6.45) is 4.44. The number of sulfone groups is 1. The fourth-order valence-electron chi connectivity index (χ4n) is 3.41. The Balaban J connectivity index is 1.89. The Hall–Kier alpha value is -0.870. The zero-order valence-corrected chi connectivity index (χ0v) is 14.0. The maximum absolute atomic E-state index is 11.2. The summed E-state index contributed by atoms with van der Waals surface area (Å²) in [6, 6.07) is 10.8. The summed E-state index contributed by atoms with van der Waals surface area (Å²) in [5, 5.41) is 0. The van der Waals surface area contributed by atoms with E-state index in [-0.39, 0.29) is 0 Å². The lowest BCUT2D eigenvalue weighted by Gasteiger charge is -2.38. The van der Waals surface area contributed by atoms with Gasteiger partial charge in [-0.3, -0.25) is 0 Å². The van der Waals surface area contributed by atoms with E-state index in [0.29, 0.717) is 17.6 Å². The predicted octanol–water partition coefficient (Wildman–Crippen LogP) is 2.94. The third kappa shape index (κ3) is 5.11. The van der Waals surface area contributed by atoms with E-state index in [0.717, 1.165) is 26.1 Å². The first-order chi connectivity index (χ1) is 9.99. The summed E-state index contributed by atoms with van der Waals surface area (Å²) in [4.78, 5) is 2.44. The van der Waals surface area contributed by atoms with Gasteiger partial charge in [0, 0.05) is 12.8 Å². The van der Waals surface area contributed by atoms with Crippen LogP contribution in [0.1, 0.15) is 37.7 Å². The fraction of sp³-hybridized carbons (Fsp3) is 0.647. The van der Waals surface area contributed by atoms with Crippen LogP contribution in [0.25, 0.3) is 0 Å². The van der Waals surface area contributed by atoms with Crippen LogP contribution in [0.5, 0.6) is 0 Å². The average molecular weight is 309 g/mol. The molecule has 2 rings (SSSR count). The first-order valence-electron chi connectivity index (χ1n) is 7.94. The summed E-state index contributed by atoms with van der Waals surface area (Å²) in [5.74, 6) is 1.64. The molecule has 1 aliphatic rings. The minimum atomic E-state index is -2.82. The van der Waals surface area contributed by atoms with Crippen LogP contribution in [0.2, 0.25) is 0 Å². The van der Waals surface area contributed by atoms with Crippen LogP contribution in [0.4, 0.5) is 0 Å². The standard InChI is InChI=1S/C17H27NO2S/c1-3-15-14-18(11-7-13-21(2,19)20)12-10-17(15)16-8-5-4-6-9-16/h4-6,8-9,15,17H,3,7,10-14H2,1-2H3/t15-,17+/m0/s1. The second-order valence-electron chi connectivity index (χ2n) is 6.26. The topological polar surface area (TPSA) is 37.4 Å². The quantitative estimate of drug-likeness (QED) is 0.811. The molecule has 0 unspecified atom stereocenters. The van der Waals surface area contributed by atoms with Gasteiger partial charge < -0.3 is 4.90 Å². The average Bonchev–Trinajstić information content (AvgIpc) is 2.46. The highest BCUT2D eigenvalue weighted by atomic mass is 32.2. The Labute approximate surface area is 129 Å². The smallest absolute Gasteiger partial charge is 0.147 e. The Bertz CT molecular complexity index is 527. The van der Waals surface area contributed by atoms with Crippen LogP contribution < -0.4 is 0 Å². The van der Waals surface area contributed by atoms with Crippen molar-refractivity contribution >= 4 is 9.84 Å². The second kappa shape index (κ2) is 7.41. The molecular formula is C17H27NO2S. The second-order valence-corrected chi connectivity index (χ2v) is 8.52. The third-order valence-electron chi connectivity index (χ3n) is 4.56. The van der Waals surface area contributed by atoms with Crippen LogP contribution in [0.3, 0.4) is 0 Å². The molecule has 0 saturated carbocycles. The molecule has 0 spiro atoms. The summed E-state index contributed by atoms with van der Waals surface area (Å²) >= 11 is 0. The van der Waals surface area contributed by atoms with Crippen molar-refractivity contribution in [1.82, 2.24) is 4.90 Å². The highest BCUT2D eigenvalue weighted by Crippen LogP contribution is 2.34. The molecule has 0 amide bonds. The van der Waals surface area contributed by atoms with E-state index in [4.69, 9.17) is 0 Å². The van der Waals surface area contributed by atoms with E-state index in [9.17, 15) is 8.42 Å². The van der Waals surface area contributed by atoms with Gasteiger partial charge in [0.15, 0.2) is 0 Å². The van der Waals surface area contributed by atoms with Crippen LogP contribution in [-0.4, -0.2) is 45.0 Å². The highest BCUT2D eigenvalue weighted by molar-refractivity contribution is 7.90. The van der Waals surface area contributed by atoms with Gasteiger partial charge >= 0.3 is 0 Å². The van der Waals surface area contributed by atoms with Crippen molar-refractivity contribution in [1.29, 1.82) is 0 Å². The van der Waals surface area contributed by atoms with Gasteiger partial charge in [-0.15, -0.1) is 0 Å². The van der Waals surface area contributed by atoms with Gasteiger partial charge in [0.2, 0.25) is 0 Å². The van der Waals surface area contributed by atoms with Crippen LogP contribution >= 0.6 is 0 Å². The molecule has 1 fully saturated rings. The number of benzene rings is 1. The molecule has 1 aromatic carbocycles. The first-order valence-corrected chi connectivity index (χ1v) is 10.0. The molecule has 4 heteroatoms. The van der Waals surface area contributed by atoms with Crippen molar-refractivity contribution in [3.63, 3.8) is 0 Å². The lowest BCUT2D eigenvalue weighted by atomic mass is 9.79. The summed E-state index contributed by atoms with van der Waals surface area (Å²) in [7, 11) is -2.82. The van der Waals surface area contributed by atoms with Crippen molar-refractivity contribution < 1.29 is 8.42 Å². The number of hydrogen-bond donors (Lipinski definition) is 0. The van der Waals surface area contributed by atoms with Crippen molar-refractivity contribution in [3.8, 4) is 0 Å². The molecule has 0 bridgehead atoms. The molecule has 1 aromatic rings. The SMILES string of the molecule is CC[C@H]1CN(CCCS(C)(=O)=O)CC[C@H]1c1ccccc1. The Kier molecular flexibility index (Phi) is 5.82. The van der Waals surface area contributed by atoms with E-state index >= 15 is 0 Å². The lowest BCUT2D eigenvalue weighted by Crippen LogP contribution is -2.40. The number of rotatable bonds is 6. The Morgan fingerprint density at radius 3 is 2.57 bits per heavy atom. The summed E-state index contributed by atoms with van der Waals surface area (Å²) in [6.45, 7) is 5.35. The lowest BCUT2D eigenvalue weighted by molar-refractivity contribution is 0.151. The van der Waals surface area contributed by atoms with Crippen LogP contribution in [0.15, 0.2) is 30.3 Å². The van der Waals surface area contributed by atoms with Crippen molar-refractivity contribution in [2.45, 2.75) is 32.1 Å². The Morgan fingerprint density at radius 1 is 1.24 bits per heavy atom. The fourth-order valence-corrected chi connectivity index (χ4v) is 4.07. The van der Waals surface area contributed by atoms with Crippen molar-refractivity contribution in [2.24, 2.45) is 5.92 Å². The van der Waals surface area contributed by atoms with Crippen molar-refractivity contribution in [3.05, 3.63) is 35.9 Å². The van der Waals surface area contributed by atoms with Crippen LogP contribution in [0, 0.1) is 5.92 Å². The highest BCUT2D eigenvalue weighted by Gasteiger charge is 2.28. The molecule has 0 radical (unpaired) electrons. The van der Waals surface area contributed by atoms with Crippen LogP contribution in [-0.2, 0) is 9.84 Å². The molecule has 1 saturated heterocycles. The van der Waals surface area contributed by atoms with E-state index in [1.54, 1.807) is 0 Å². The Morgan fingerprint density at radius 2 is 1.95 bits per heavy atom. The summed E-state index contributed by atoms with van der Waals surface area (Å²) < 4.78 is 22.4. The predicted molar refractivity (Wildman–Crippen MR) is 88.3 cm³/mol. The van der Waals surface area contributed by atoms with Gasteiger partial charge in [-0.25, -0.2) is 8.42 Å². The molecule has 1 aliphatic heterocycles. The molecular weight excluding hydrogens is 282 g/mol. The van der Waals surface area contributed by atoms with Gasteiger partial charge in [0.05, 0.1) is 5.75 Å². The molecule has 0 aromatic heterocycles. The largest absolute Gasteiger partial charge is 0.303 e.